The first-order valence-electron chi connectivity index (χ1n) is 14.6. The molecule has 226 valence electrons. The maximum Gasteiger partial charge on any atom is 0.256 e. The summed E-state index contributed by atoms with van der Waals surface area (Å²) in [5.41, 5.74) is 9.24. The molecule has 0 atom stereocenters. The number of H-pyrrole nitrogens is 1. The van der Waals surface area contributed by atoms with Gasteiger partial charge in [0.25, 0.3) is 11.8 Å². The molecule has 44 heavy (non-hydrogen) atoms. The third kappa shape index (κ3) is 6.61. The Morgan fingerprint density at radius 1 is 0.955 bits per heavy atom. The minimum atomic E-state index is -0.189. The van der Waals surface area contributed by atoms with Gasteiger partial charge >= 0.3 is 0 Å². The number of nitrogens with one attached hydrogen (secondary N) is 3. The van der Waals surface area contributed by atoms with Crippen LogP contribution in [0.25, 0.3) is 17.3 Å². The number of aromatic nitrogens is 1. The van der Waals surface area contributed by atoms with Crippen LogP contribution in [-0.2, 0) is 4.79 Å². The van der Waals surface area contributed by atoms with Crippen LogP contribution >= 0.6 is 0 Å². The summed E-state index contributed by atoms with van der Waals surface area (Å²) in [7, 11) is 6.16. The number of likely N-dealkylation sites (N-methyl/N-ethyl adjacent to an activating group) is 2. The maximum atomic E-state index is 13.1. The highest BCUT2D eigenvalue weighted by atomic mass is 16.5. The minimum Gasteiger partial charge on any atom is -0.457 e. The van der Waals surface area contributed by atoms with Crippen LogP contribution in [0.15, 0.2) is 73.3 Å². The fraction of sp³-hybridized carbons (Fsp3) is 0.222. The van der Waals surface area contributed by atoms with E-state index in [1.165, 1.54) is 0 Å². The zero-order chi connectivity index (χ0) is 31.5. The Bertz CT molecular complexity index is 1780. The summed E-state index contributed by atoms with van der Waals surface area (Å²) in [5, 5.41) is 5.90. The van der Waals surface area contributed by atoms with Crippen molar-refractivity contribution >= 4 is 40.5 Å². The zero-order valence-electron chi connectivity index (χ0n) is 26.2. The Morgan fingerprint density at radius 2 is 1.70 bits per heavy atom. The molecule has 0 saturated heterocycles. The van der Waals surface area contributed by atoms with E-state index < -0.39 is 0 Å². The number of fused-ring (bicyclic) bond motifs is 1. The number of hydrogen-bond donors (Lipinski definition) is 3. The second-order valence-electron chi connectivity index (χ2n) is 11.5. The normalized spacial score (nSPS) is 13.2. The third-order valence-corrected chi connectivity index (χ3v) is 7.78. The van der Waals surface area contributed by atoms with Crippen LogP contribution in [0.5, 0.6) is 11.5 Å². The molecule has 4 aromatic rings. The highest BCUT2D eigenvalue weighted by Gasteiger charge is 2.26. The summed E-state index contributed by atoms with van der Waals surface area (Å²) in [5.74, 6) is 0.769. The maximum absolute atomic E-state index is 13.1. The largest absolute Gasteiger partial charge is 0.457 e. The van der Waals surface area contributed by atoms with Crippen molar-refractivity contribution in [1.29, 1.82) is 0 Å². The smallest absolute Gasteiger partial charge is 0.256 e. The van der Waals surface area contributed by atoms with Gasteiger partial charge in [-0.05, 0) is 82.9 Å². The van der Waals surface area contributed by atoms with Crippen LogP contribution in [0.1, 0.15) is 44.0 Å². The minimum absolute atomic E-state index is 0.173. The molecule has 0 bridgehead atoms. The van der Waals surface area contributed by atoms with E-state index in [1.54, 1.807) is 12.1 Å². The van der Waals surface area contributed by atoms with E-state index in [4.69, 9.17) is 4.74 Å². The molecule has 0 aliphatic carbocycles. The molecule has 1 aliphatic heterocycles. The fourth-order valence-corrected chi connectivity index (χ4v) is 5.31. The SMILES string of the molecule is C=C(c1c(C)[nH]c(/C=C2\C(=O)Nc3cc(Oc4cccc(NC(=O)c5cccc(C)c5)c4)ccc32)c1C)N(C)CCN(C)C. The molecule has 0 fully saturated rings. The van der Waals surface area contributed by atoms with Crippen molar-refractivity contribution in [3.63, 3.8) is 0 Å². The van der Waals surface area contributed by atoms with Crippen molar-refractivity contribution in [3.8, 4) is 11.5 Å². The van der Waals surface area contributed by atoms with Gasteiger partial charge in [-0.25, -0.2) is 0 Å². The number of amides is 2. The first-order chi connectivity index (χ1) is 21.0. The average Bonchev–Trinajstić information content (AvgIpc) is 3.44. The van der Waals surface area contributed by atoms with Crippen molar-refractivity contribution < 1.29 is 14.3 Å². The van der Waals surface area contributed by atoms with E-state index in [9.17, 15) is 9.59 Å². The number of benzene rings is 3. The first-order valence-corrected chi connectivity index (χ1v) is 14.6. The molecule has 0 radical (unpaired) electrons. The first kappa shape index (κ1) is 30.4. The van der Waals surface area contributed by atoms with Crippen LogP contribution in [0.4, 0.5) is 11.4 Å². The molecule has 3 N–H and O–H groups in total. The number of hydrogen-bond acceptors (Lipinski definition) is 5. The lowest BCUT2D eigenvalue weighted by Gasteiger charge is -2.24. The summed E-state index contributed by atoms with van der Waals surface area (Å²) < 4.78 is 6.12. The van der Waals surface area contributed by atoms with Gasteiger partial charge in [0.2, 0.25) is 0 Å². The summed E-state index contributed by atoms with van der Waals surface area (Å²) in [6.45, 7) is 12.2. The van der Waals surface area contributed by atoms with E-state index in [0.717, 1.165) is 52.4 Å². The highest BCUT2D eigenvalue weighted by molar-refractivity contribution is 6.35. The van der Waals surface area contributed by atoms with Gasteiger partial charge in [0.05, 0.1) is 11.3 Å². The Balaban J connectivity index is 1.32. The molecule has 2 amide bonds. The van der Waals surface area contributed by atoms with Crippen LogP contribution < -0.4 is 15.4 Å². The number of ether oxygens (including phenoxy) is 1. The van der Waals surface area contributed by atoms with Crippen molar-refractivity contribution in [2.45, 2.75) is 20.8 Å². The molecule has 1 aliphatic rings. The van der Waals surface area contributed by atoms with Gasteiger partial charge in [-0.15, -0.1) is 0 Å². The number of aromatic amines is 1. The second-order valence-corrected chi connectivity index (χ2v) is 11.5. The fourth-order valence-electron chi connectivity index (χ4n) is 5.31. The molecular formula is C36H39N5O3. The molecule has 0 unspecified atom stereocenters. The number of aryl methyl sites for hydroxylation is 2. The molecular weight excluding hydrogens is 550 g/mol. The molecule has 0 saturated carbocycles. The molecule has 2 heterocycles. The summed E-state index contributed by atoms with van der Waals surface area (Å²) in [4.78, 5) is 33.5. The lowest BCUT2D eigenvalue weighted by molar-refractivity contribution is -0.110. The standard InChI is InChI=1S/C36H39N5O3/c1-22-10-8-11-26(18-22)35(42)38-27-12-9-13-28(19-27)44-29-14-15-30-31(36(43)39-33(30)20-29)21-32-23(2)34(24(3)37-32)25(4)41(7)17-16-40(5)6/h8-15,18-21,37H,4,16-17H2,1-3,5-7H3,(H,38,42)(H,39,43)/b31-21-. The van der Waals surface area contributed by atoms with Gasteiger partial charge in [0, 0.05) is 71.7 Å². The summed E-state index contributed by atoms with van der Waals surface area (Å²) >= 11 is 0. The lowest BCUT2D eigenvalue weighted by atomic mass is 10.0. The van der Waals surface area contributed by atoms with Gasteiger partial charge in [-0.1, -0.05) is 30.3 Å². The molecule has 1 aromatic heterocycles. The van der Waals surface area contributed by atoms with Gasteiger partial charge in [0.15, 0.2) is 0 Å². The van der Waals surface area contributed by atoms with Crippen LogP contribution in [-0.4, -0.2) is 60.8 Å². The lowest BCUT2D eigenvalue weighted by Crippen LogP contribution is -2.27. The Kier molecular flexibility index (Phi) is 8.73. The summed E-state index contributed by atoms with van der Waals surface area (Å²) in [6.07, 6.45) is 1.90. The Hall–Kier alpha value is -5.08. The Labute approximate surface area is 259 Å². The summed E-state index contributed by atoms with van der Waals surface area (Å²) in [6, 6.07) is 20.2. The van der Waals surface area contributed by atoms with E-state index in [0.29, 0.717) is 34.0 Å². The molecule has 0 spiro atoms. The Morgan fingerprint density at radius 3 is 2.45 bits per heavy atom. The number of carbonyl (C=O) groups excluding carboxylic acids is 2. The monoisotopic (exact) mass is 589 g/mol. The van der Waals surface area contributed by atoms with Gasteiger partial charge in [-0.2, -0.15) is 0 Å². The van der Waals surface area contributed by atoms with Gasteiger partial charge in [0.1, 0.15) is 11.5 Å². The van der Waals surface area contributed by atoms with Crippen LogP contribution in [0.3, 0.4) is 0 Å². The number of nitrogens with zero attached hydrogens (tertiary/aromatic N) is 2. The molecule has 5 rings (SSSR count). The second kappa shape index (κ2) is 12.7. The van der Waals surface area contributed by atoms with Crippen LogP contribution in [0.2, 0.25) is 0 Å². The quantitative estimate of drug-likeness (QED) is 0.174. The van der Waals surface area contributed by atoms with Crippen molar-refractivity contribution in [2.24, 2.45) is 0 Å². The third-order valence-electron chi connectivity index (χ3n) is 7.78. The van der Waals surface area contributed by atoms with Gasteiger partial charge in [-0.3, -0.25) is 9.59 Å². The number of rotatable bonds is 10. The molecule has 3 aromatic carbocycles. The van der Waals surface area contributed by atoms with E-state index in [1.807, 2.05) is 81.6 Å². The van der Waals surface area contributed by atoms with Crippen LogP contribution in [0, 0.1) is 20.8 Å². The topological polar surface area (TPSA) is 89.7 Å². The van der Waals surface area contributed by atoms with Crippen molar-refractivity contribution in [1.82, 2.24) is 14.8 Å². The predicted molar refractivity (Wildman–Crippen MR) is 179 cm³/mol. The van der Waals surface area contributed by atoms with Crippen molar-refractivity contribution in [2.75, 3.05) is 44.9 Å². The predicted octanol–water partition coefficient (Wildman–Crippen LogP) is 6.94. The number of anilines is 2. The number of carbonyl (C=O) groups is 2. The highest BCUT2D eigenvalue weighted by Crippen LogP contribution is 2.38. The average molecular weight is 590 g/mol. The molecule has 8 heteroatoms. The van der Waals surface area contributed by atoms with E-state index in [-0.39, 0.29) is 11.8 Å². The van der Waals surface area contributed by atoms with Gasteiger partial charge < -0.3 is 30.2 Å². The van der Waals surface area contributed by atoms with E-state index in [2.05, 4.69) is 53.0 Å². The van der Waals surface area contributed by atoms with E-state index >= 15 is 0 Å². The van der Waals surface area contributed by atoms with Crippen molar-refractivity contribution in [3.05, 3.63) is 113 Å². The molecule has 8 nitrogen and oxygen atoms in total. The zero-order valence-corrected chi connectivity index (χ0v) is 26.2.